The molecule has 0 unspecified atom stereocenters. The highest BCUT2D eigenvalue weighted by Gasteiger charge is 2.15. The molecule has 4 heteroatoms. The molecule has 1 amide bonds. The molecule has 0 atom stereocenters. The lowest BCUT2D eigenvalue weighted by Gasteiger charge is -2.26. The van der Waals surface area contributed by atoms with Crippen LogP contribution in [-0.2, 0) is 4.79 Å². The predicted octanol–water partition coefficient (Wildman–Crippen LogP) is 3.22. The maximum Gasteiger partial charge on any atom is 0.232 e. The van der Waals surface area contributed by atoms with Crippen LogP contribution in [0.4, 0.5) is 0 Å². The zero-order chi connectivity index (χ0) is 12.3. The monoisotopic (exact) mass is 275 g/mol. The van der Waals surface area contributed by atoms with E-state index in [1.807, 2.05) is 4.90 Å². The van der Waals surface area contributed by atoms with E-state index in [-0.39, 0.29) is 0 Å². The molecule has 0 aromatic carbocycles. The molecule has 0 aromatic heterocycles. The fourth-order valence-electron chi connectivity index (χ4n) is 2.06. The molecule has 0 bridgehead atoms. The Labute approximate surface area is 115 Å². The number of nitrogens with zero attached hydrogens (tertiary/aromatic N) is 1. The Kier molecular flexibility index (Phi) is 9.07. The molecule has 1 heterocycles. The van der Waals surface area contributed by atoms with Crippen molar-refractivity contribution in [2.45, 2.75) is 44.9 Å². The summed E-state index contributed by atoms with van der Waals surface area (Å²) in [6.45, 7) is 1.97. The summed E-state index contributed by atoms with van der Waals surface area (Å²) in [7, 11) is 0. The zero-order valence-corrected chi connectivity index (χ0v) is 12.4. The number of thiol groups is 1. The average molecular weight is 275 g/mol. The third kappa shape index (κ3) is 7.24. The largest absolute Gasteiger partial charge is 0.342 e. The van der Waals surface area contributed by atoms with Crippen molar-refractivity contribution in [3.05, 3.63) is 0 Å². The highest BCUT2D eigenvalue weighted by Crippen LogP contribution is 2.13. The van der Waals surface area contributed by atoms with Crippen molar-refractivity contribution in [3.8, 4) is 0 Å². The Bertz CT molecular complexity index is 206. The van der Waals surface area contributed by atoms with Crippen LogP contribution in [0.5, 0.6) is 0 Å². The van der Waals surface area contributed by atoms with Crippen LogP contribution < -0.4 is 0 Å². The molecule has 1 aliphatic rings. The van der Waals surface area contributed by atoms with E-state index >= 15 is 0 Å². The van der Waals surface area contributed by atoms with E-state index in [0.717, 1.165) is 24.6 Å². The number of piperidine rings is 1. The lowest BCUT2D eigenvalue weighted by atomic mass is 10.1. The van der Waals surface area contributed by atoms with Crippen molar-refractivity contribution < 1.29 is 4.79 Å². The second-order valence-corrected chi connectivity index (χ2v) is 6.18. The standard InChI is InChI=1S/C13H25NOS2/c15-13(14-8-4-3-5-9-14)12-17-11-7-2-1-6-10-16/h16H,1-12H2. The normalized spacial score (nSPS) is 16.2. The van der Waals surface area contributed by atoms with Crippen LogP contribution >= 0.6 is 24.4 Å². The minimum Gasteiger partial charge on any atom is -0.342 e. The smallest absolute Gasteiger partial charge is 0.232 e. The van der Waals surface area contributed by atoms with Gasteiger partial charge in [0.2, 0.25) is 5.91 Å². The number of unbranched alkanes of at least 4 members (excludes halogenated alkanes) is 3. The summed E-state index contributed by atoms with van der Waals surface area (Å²) in [5, 5.41) is 0. The SMILES string of the molecule is O=C(CSCCCCCCS)N1CCCCC1. The van der Waals surface area contributed by atoms with E-state index in [4.69, 9.17) is 0 Å². The van der Waals surface area contributed by atoms with Crippen molar-refractivity contribution in [1.82, 2.24) is 4.90 Å². The Morgan fingerprint density at radius 2 is 1.76 bits per heavy atom. The molecule has 1 rings (SSSR count). The van der Waals surface area contributed by atoms with Gasteiger partial charge in [-0.2, -0.15) is 24.4 Å². The van der Waals surface area contributed by atoms with Gasteiger partial charge < -0.3 is 4.90 Å². The number of hydrogen-bond acceptors (Lipinski definition) is 3. The van der Waals surface area contributed by atoms with Gasteiger partial charge in [0, 0.05) is 13.1 Å². The predicted molar refractivity (Wildman–Crippen MR) is 80.1 cm³/mol. The van der Waals surface area contributed by atoms with E-state index < -0.39 is 0 Å². The van der Waals surface area contributed by atoms with Crippen molar-refractivity contribution in [1.29, 1.82) is 0 Å². The Morgan fingerprint density at radius 1 is 1.06 bits per heavy atom. The third-order valence-electron chi connectivity index (χ3n) is 3.13. The summed E-state index contributed by atoms with van der Waals surface area (Å²) < 4.78 is 0. The number of hydrogen-bond donors (Lipinski definition) is 1. The average Bonchev–Trinajstić information content (AvgIpc) is 2.38. The van der Waals surface area contributed by atoms with E-state index in [1.165, 1.54) is 44.9 Å². The lowest BCUT2D eigenvalue weighted by molar-refractivity contribution is -0.129. The van der Waals surface area contributed by atoms with Crippen molar-refractivity contribution >= 4 is 30.3 Å². The molecule has 0 N–H and O–H groups in total. The number of thioether (sulfide) groups is 1. The molecule has 1 saturated heterocycles. The van der Waals surface area contributed by atoms with Crippen molar-refractivity contribution in [2.75, 3.05) is 30.3 Å². The van der Waals surface area contributed by atoms with Gasteiger partial charge in [0.25, 0.3) is 0 Å². The minimum atomic E-state index is 0.352. The molecule has 100 valence electrons. The summed E-state index contributed by atoms with van der Waals surface area (Å²) in [6.07, 6.45) is 8.71. The second-order valence-electron chi connectivity index (χ2n) is 4.63. The van der Waals surface area contributed by atoms with Gasteiger partial charge in [-0.3, -0.25) is 4.79 Å². The lowest BCUT2D eigenvalue weighted by Crippen LogP contribution is -2.36. The number of amides is 1. The van der Waals surface area contributed by atoms with Gasteiger partial charge in [-0.15, -0.1) is 0 Å². The Balaban J connectivity index is 1.92. The molecule has 2 nitrogen and oxygen atoms in total. The van der Waals surface area contributed by atoms with Gasteiger partial charge in [-0.25, -0.2) is 0 Å². The molecule has 0 spiro atoms. The number of carbonyl (C=O) groups excluding carboxylic acids is 1. The third-order valence-corrected chi connectivity index (χ3v) is 4.48. The molecule has 0 saturated carbocycles. The summed E-state index contributed by atoms with van der Waals surface area (Å²) in [5.41, 5.74) is 0. The van der Waals surface area contributed by atoms with Gasteiger partial charge in [-0.05, 0) is 43.6 Å². The fraction of sp³-hybridized carbons (Fsp3) is 0.923. The van der Waals surface area contributed by atoms with Crippen LogP contribution in [-0.4, -0.2) is 41.2 Å². The topological polar surface area (TPSA) is 20.3 Å². The summed E-state index contributed by atoms with van der Waals surface area (Å²) in [5.74, 6) is 3.17. The number of carbonyl (C=O) groups is 1. The Hall–Kier alpha value is 0.170. The zero-order valence-electron chi connectivity index (χ0n) is 10.7. The number of rotatable bonds is 8. The first kappa shape index (κ1) is 15.2. The molecule has 1 fully saturated rings. The summed E-state index contributed by atoms with van der Waals surface area (Å²) >= 11 is 6.00. The maximum absolute atomic E-state index is 11.8. The summed E-state index contributed by atoms with van der Waals surface area (Å²) in [6, 6.07) is 0. The fourth-order valence-corrected chi connectivity index (χ4v) is 3.20. The molecule has 0 radical (unpaired) electrons. The van der Waals surface area contributed by atoms with Crippen LogP contribution in [0.2, 0.25) is 0 Å². The summed E-state index contributed by atoms with van der Waals surface area (Å²) in [4.78, 5) is 13.9. The molecule has 17 heavy (non-hydrogen) atoms. The van der Waals surface area contributed by atoms with E-state index in [9.17, 15) is 4.79 Å². The van der Waals surface area contributed by atoms with E-state index in [1.54, 1.807) is 11.8 Å². The molecular weight excluding hydrogens is 250 g/mol. The van der Waals surface area contributed by atoms with Gasteiger partial charge in [0.15, 0.2) is 0 Å². The van der Waals surface area contributed by atoms with Gasteiger partial charge in [-0.1, -0.05) is 12.8 Å². The quantitative estimate of drug-likeness (QED) is 0.542. The van der Waals surface area contributed by atoms with Crippen molar-refractivity contribution in [2.24, 2.45) is 0 Å². The van der Waals surface area contributed by atoms with Crippen LogP contribution in [0.15, 0.2) is 0 Å². The van der Waals surface area contributed by atoms with E-state index in [0.29, 0.717) is 11.7 Å². The molecule has 0 aromatic rings. The van der Waals surface area contributed by atoms with Gasteiger partial charge in [0.1, 0.15) is 0 Å². The molecule has 0 aliphatic carbocycles. The molecular formula is C13H25NOS2. The minimum absolute atomic E-state index is 0.352. The first-order valence-corrected chi connectivity index (χ1v) is 8.59. The Morgan fingerprint density at radius 3 is 2.47 bits per heavy atom. The maximum atomic E-state index is 11.8. The first-order valence-electron chi connectivity index (χ1n) is 6.81. The number of likely N-dealkylation sites (tertiary alicyclic amines) is 1. The van der Waals surface area contributed by atoms with Crippen LogP contribution in [0.1, 0.15) is 44.9 Å². The highest BCUT2D eigenvalue weighted by molar-refractivity contribution is 7.99. The van der Waals surface area contributed by atoms with Crippen LogP contribution in [0.25, 0.3) is 0 Å². The van der Waals surface area contributed by atoms with Crippen LogP contribution in [0.3, 0.4) is 0 Å². The van der Waals surface area contributed by atoms with E-state index in [2.05, 4.69) is 12.6 Å². The van der Waals surface area contributed by atoms with Gasteiger partial charge >= 0.3 is 0 Å². The van der Waals surface area contributed by atoms with Crippen LogP contribution in [0, 0.1) is 0 Å². The second kappa shape index (κ2) is 10.1. The first-order chi connectivity index (χ1) is 8.34. The van der Waals surface area contributed by atoms with Crippen molar-refractivity contribution in [3.63, 3.8) is 0 Å². The highest BCUT2D eigenvalue weighted by atomic mass is 32.2. The molecule has 1 aliphatic heterocycles. The van der Waals surface area contributed by atoms with Gasteiger partial charge in [0.05, 0.1) is 5.75 Å².